The summed E-state index contributed by atoms with van der Waals surface area (Å²) in [6.07, 6.45) is 5.25. The maximum absolute atomic E-state index is 12.6. The van der Waals surface area contributed by atoms with Crippen molar-refractivity contribution in [3.63, 3.8) is 0 Å². The first-order valence-electron chi connectivity index (χ1n) is 9.67. The molecule has 6 nitrogen and oxygen atoms in total. The van der Waals surface area contributed by atoms with E-state index in [1.165, 1.54) is 22.9 Å². The number of carbonyl (C=O) groups excluding carboxylic acids is 2. The van der Waals surface area contributed by atoms with E-state index in [2.05, 4.69) is 46.6 Å². The third kappa shape index (κ3) is 6.15. The Labute approximate surface area is 180 Å². The molecule has 0 saturated heterocycles. The first kappa shape index (κ1) is 21.5. The van der Waals surface area contributed by atoms with Gasteiger partial charge in [-0.3, -0.25) is 14.6 Å². The lowest BCUT2D eigenvalue weighted by Crippen LogP contribution is -2.30. The summed E-state index contributed by atoms with van der Waals surface area (Å²) >= 11 is 1.45. The number of benzene rings is 1. The largest absolute Gasteiger partial charge is 0.352 e. The van der Waals surface area contributed by atoms with Crippen molar-refractivity contribution in [2.24, 2.45) is 0 Å². The summed E-state index contributed by atoms with van der Waals surface area (Å²) in [6, 6.07) is 13.3. The molecule has 0 bridgehead atoms. The molecule has 0 unspecified atom stereocenters. The Morgan fingerprint density at radius 1 is 0.967 bits per heavy atom. The van der Waals surface area contributed by atoms with Crippen LogP contribution in [0, 0.1) is 13.8 Å². The van der Waals surface area contributed by atoms with Gasteiger partial charge in [0.2, 0.25) is 5.91 Å². The molecule has 2 heterocycles. The molecule has 0 aliphatic heterocycles. The second-order valence-corrected chi connectivity index (χ2v) is 7.90. The summed E-state index contributed by atoms with van der Waals surface area (Å²) < 4.78 is 0. The normalized spacial score (nSPS) is 10.5. The van der Waals surface area contributed by atoms with Crippen molar-refractivity contribution >= 4 is 23.6 Å². The molecule has 3 rings (SSSR count). The Bertz CT molecular complexity index is 1020. The Morgan fingerprint density at radius 3 is 2.53 bits per heavy atom. The zero-order valence-electron chi connectivity index (χ0n) is 17.0. The molecule has 1 aromatic carbocycles. The number of aryl methyl sites for hydroxylation is 2. The van der Waals surface area contributed by atoms with E-state index >= 15 is 0 Å². The van der Waals surface area contributed by atoms with Crippen LogP contribution >= 0.6 is 11.8 Å². The van der Waals surface area contributed by atoms with E-state index in [1.807, 2.05) is 18.2 Å². The summed E-state index contributed by atoms with van der Waals surface area (Å²) in [5, 5.41) is 6.28. The van der Waals surface area contributed by atoms with Crippen LogP contribution in [-0.4, -0.2) is 28.3 Å². The van der Waals surface area contributed by atoms with Crippen LogP contribution in [0.3, 0.4) is 0 Å². The fourth-order valence-electron chi connectivity index (χ4n) is 2.71. The SMILES string of the molecule is Cc1ccc(Sc2ncccc2C(=O)NCCC(=O)NCc2ccncc2)cc1C. The number of aromatic nitrogens is 2. The summed E-state index contributed by atoms with van der Waals surface area (Å²) in [5.74, 6) is -0.362. The number of amides is 2. The molecule has 2 amide bonds. The van der Waals surface area contributed by atoms with Crippen LogP contribution < -0.4 is 10.6 Å². The van der Waals surface area contributed by atoms with E-state index in [4.69, 9.17) is 0 Å². The van der Waals surface area contributed by atoms with Gasteiger partial charge in [0, 0.05) is 43.0 Å². The molecule has 0 radical (unpaired) electrons. The molecule has 0 aliphatic rings. The van der Waals surface area contributed by atoms with Crippen LogP contribution in [0.1, 0.15) is 33.5 Å². The number of hydrogen-bond acceptors (Lipinski definition) is 5. The van der Waals surface area contributed by atoms with Gasteiger partial charge in [-0.2, -0.15) is 0 Å². The fraction of sp³-hybridized carbons (Fsp3) is 0.217. The predicted octanol–water partition coefficient (Wildman–Crippen LogP) is 3.68. The molecule has 154 valence electrons. The Morgan fingerprint density at radius 2 is 1.77 bits per heavy atom. The van der Waals surface area contributed by atoms with E-state index in [9.17, 15) is 9.59 Å². The highest BCUT2D eigenvalue weighted by atomic mass is 32.2. The Balaban J connectivity index is 1.53. The van der Waals surface area contributed by atoms with Crippen LogP contribution in [0.4, 0.5) is 0 Å². The van der Waals surface area contributed by atoms with E-state index in [-0.39, 0.29) is 24.8 Å². The molecular formula is C23H24N4O2S. The lowest BCUT2D eigenvalue weighted by molar-refractivity contribution is -0.121. The topological polar surface area (TPSA) is 84.0 Å². The molecule has 2 aromatic heterocycles. The van der Waals surface area contributed by atoms with Crippen LogP contribution in [0.15, 0.2) is 71.0 Å². The summed E-state index contributed by atoms with van der Waals surface area (Å²) in [4.78, 5) is 34.0. The van der Waals surface area contributed by atoms with Gasteiger partial charge in [0.25, 0.3) is 5.91 Å². The lowest BCUT2D eigenvalue weighted by Gasteiger charge is -2.10. The van der Waals surface area contributed by atoms with Crippen molar-refractivity contribution in [1.82, 2.24) is 20.6 Å². The second-order valence-electron chi connectivity index (χ2n) is 6.84. The third-order valence-electron chi connectivity index (χ3n) is 4.59. The van der Waals surface area contributed by atoms with Gasteiger partial charge >= 0.3 is 0 Å². The molecule has 3 aromatic rings. The number of nitrogens with zero attached hydrogens (tertiary/aromatic N) is 2. The summed E-state index contributed by atoms with van der Waals surface area (Å²) in [6.45, 7) is 4.82. The molecule has 0 saturated carbocycles. The number of rotatable bonds is 8. The first-order chi connectivity index (χ1) is 14.5. The molecule has 30 heavy (non-hydrogen) atoms. The highest BCUT2D eigenvalue weighted by Crippen LogP contribution is 2.29. The fourth-order valence-corrected chi connectivity index (χ4v) is 3.69. The second kappa shape index (κ2) is 10.5. The summed E-state index contributed by atoms with van der Waals surface area (Å²) in [5.41, 5.74) is 3.89. The number of carbonyl (C=O) groups is 2. The van der Waals surface area contributed by atoms with Gasteiger partial charge in [0.15, 0.2) is 0 Å². The van der Waals surface area contributed by atoms with Crippen molar-refractivity contribution in [2.45, 2.75) is 36.7 Å². The highest BCUT2D eigenvalue weighted by molar-refractivity contribution is 7.99. The smallest absolute Gasteiger partial charge is 0.254 e. The molecule has 0 spiro atoms. The van der Waals surface area contributed by atoms with Crippen molar-refractivity contribution in [2.75, 3.05) is 6.54 Å². The minimum absolute atomic E-state index is 0.122. The van der Waals surface area contributed by atoms with Gasteiger partial charge in [0.1, 0.15) is 5.03 Å². The van der Waals surface area contributed by atoms with Crippen LogP contribution in [0.25, 0.3) is 0 Å². The van der Waals surface area contributed by atoms with Crippen molar-refractivity contribution in [1.29, 1.82) is 0 Å². The molecular weight excluding hydrogens is 396 g/mol. The van der Waals surface area contributed by atoms with E-state index < -0.39 is 0 Å². The standard InChI is InChI=1S/C23H24N4O2S/c1-16-5-6-19(14-17(16)2)30-23-20(4-3-10-26-23)22(29)25-13-9-21(28)27-15-18-7-11-24-12-8-18/h3-8,10-12,14H,9,13,15H2,1-2H3,(H,25,29)(H,27,28). The zero-order chi connectivity index (χ0) is 21.3. The van der Waals surface area contributed by atoms with Crippen LogP contribution in [0.5, 0.6) is 0 Å². The van der Waals surface area contributed by atoms with Crippen molar-refractivity contribution in [3.8, 4) is 0 Å². The average molecular weight is 421 g/mol. The highest BCUT2D eigenvalue weighted by Gasteiger charge is 2.14. The van der Waals surface area contributed by atoms with Crippen LogP contribution in [-0.2, 0) is 11.3 Å². The Kier molecular flexibility index (Phi) is 7.57. The maximum Gasteiger partial charge on any atom is 0.254 e. The van der Waals surface area contributed by atoms with E-state index in [0.29, 0.717) is 17.1 Å². The van der Waals surface area contributed by atoms with E-state index in [1.54, 1.807) is 30.7 Å². The average Bonchev–Trinajstić information content (AvgIpc) is 2.76. The van der Waals surface area contributed by atoms with Gasteiger partial charge in [0.05, 0.1) is 5.56 Å². The summed E-state index contributed by atoms with van der Waals surface area (Å²) in [7, 11) is 0. The molecule has 0 atom stereocenters. The number of pyridine rings is 2. The quantitative estimate of drug-likeness (QED) is 0.581. The monoisotopic (exact) mass is 420 g/mol. The van der Waals surface area contributed by atoms with E-state index in [0.717, 1.165) is 10.5 Å². The van der Waals surface area contributed by atoms with Gasteiger partial charge < -0.3 is 10.6 Å². The van der Waals surface area contributed by atoms with Crippen molar-refractivity contribution < 1.29 is 9.59 Å². The maximum atomic E-state index is 12.6. The van der Waals surface area contributed by atoms with Gasteiger partial charge in [-0.05, 0) is 66.9 Å². The molecule has 0 fully saturated rings. The van der Waals surface area contributed by atoms with Gasteiger partial charge in [-0.1, -0.05) is 17.8 Å². The minimum atomic E-state index is -0.239. The van der Waals surface area contributed by atoms with Gasteiger partial charge in [-0.25, -0.2) is 4.98 Å². The number of nitrogens with one attached hydrogen (secondary N) is 2. The molecule has 7 heteroatoms. The van der Waals surface area contributed by atoms with Gasteiger partial charge in [-0.15, -0.1) is 0 Å². The van der Waals surface area contributed by atoms with Crippen molar-refractivity contribution in [3.05, 3.63) is 83.3 Å². The molecule has 0 aliphatic carbocycles. The first-order valence-corrected chi connectivity index (χ1v) is 10.5. The minimum Gasteiger partial charge on any atom is -0.352 e. The predicted molar refractivity (Wildman–Crippen MR) is 117 cm³/mol. The molecule has 2 N–H and O–H groups in total. The zero-order valence-corrected chi connectivity index (χ0v) is 17.8. The lowest BCUT2D eigenvalue weighted by atomic mass is 10.1. The number of hydrogen-bond donors (Lipinski definition) is 2. The Hall–Kier alpha value is -3.19. The van der Waals surface area contributed by atoms with Crippen LogP contribution in [0.2, 0.25) is 0 Å². The third-order valence-corrected chi connectivity index (χ3v) is 5.59.